The summed E-state index contributed by atoms with van der Waals surface area (Å²) in [5.74, 6) is -0.654. The minimum Gasteiger partial charge on any atom is -0.477 e. The molecule has 0 saturated carbocycles. The summed E-state index contributed by atoms with van der Waals surface area (Å²) in [5, 5.41) is 14.4. The van der Waals surface area contributed by atoms with Crippen LogP contribution in [0.15, 0.2) is 35.0 Å². The van der Waals surface area contributed by atoms with E-state index in [1.165, 1.54) is 22.1 Å². The third kappa shape index (κ3) is 1.39. The summed E-state index contributed by atoms with van der Waals surface area (Å²) in [5.41, 5.74) is 0.657. The van der Waals surface area contributed by atoms with E-state index in [4.69, 9.17) is 9.84 Å². The standard InChI is InChI=1S/C12H9N3O4S/c16-10-7(11-14(10)8(5-20-11)12(17)18)3-6-4-19-9-1-2-13-15(6)9/h1-3,5-6,11H,4H2,(H,17,18)/t6?,11-/m1/s1. The number of rotatable bonds is 2. The van der Waals surface area contributed by atoms with Crippen molar-refractivity contribution in [2.24, 2.45) is 0 Å². The van der Waals surface area contributed by atoms with Crippen molar-refractivity contribution in [3.8, 4) is 5.88 Å². The van der Waals surface area contributed by atoms with Crippen LogP contribution in [0.3, 0.4) is 0 Å². The Morgan fingerprint density at radius 3 is 3.25 bits per heavy atom. The van der Waals surface area contributed by atoms with Gasteiger partial charge in [-0.2, -0.15) is 5.10 Å². The van der Waals surface area contributed by atoms with E-state index in [9.17, 15) is 9.59 Å². The zero-order valence-electron chi connectivity index (χ0n) is 10.1. The molecular formula is C12H9N3O4S. The van der Waals surface area contributed by atoms with Gasteiger partial charge in [0, 0.05) is 17.0 Å². The molecule has 0 aromatic carbocycles. The first-order valence-corrected chi connectivity index (χ1v) is 6.91. The van der Waals surface area contributed by atoms with Gasteiger partial charge in [0.2, 0.25) is 5.88 Å². The lowest BCUT2D eigenvalue weighted by Gasteiger charge is -2.37. The fourth-order valence-electron chi connectivity index (χ4n) is 2.52. The average Bonchev–Trinajstić information content (AvgIpc) is 3.09. The van der Waals surface area contributed by atoms with Gasteiger partial charge in [0.05, 0.1) is 6.20 Å². The highest BCUT2D eigenvalue weighted by Gasteiger charge is 2.50. The number of ether oxygens (including phenoxy) is 1. The molecule has 1 unspecified atom stereocenters. The van der Waals surface area contributed by atoms with Gasteiger partial charge in [-0.25, -0.2) is 9.48 Å². The molecule has 20 heavy (non-hydrogen) atoms. The van der Waals surface area contributed by atoms with Gasteiger partial charge >= 0.3 is 5.97 Å². The molecule has 1 amide bonds. The maximum absolute atomic E-state index is 12.1. The number of β-lactam (4-membered cyclic amide) rings is 1. The van der Waals surface area contributed by atoms with Crippen LogP contribution in [-0.4, -0.2) is 43.6 Å². The largest absolute Gasteiger partial charge is 0.477 e. The summed E-state index contributed by atoms with van der Waals surface area (Å²) in [6.45, 7) is 0.441. The van der Waals surface area contributed by atoms with E-state index in [0.717, 1.165) is 0 Å². The maximum Gasteiger partial charge on any atom is 0.353 e. The molecule has 4 heterocycles. The van der Waals surface area contributed by atoms with Gasteiger partial charge < -0.3 is 9.84 Å². The minimum atomic E-state index is -1.08. The smallest absolute Gasteiger partial charge is 0.353 e. The second-order valence-electron chi connectivity index (χ2n) is 4.59. The molecule has 0 spiro atoms. The number of amides is 1. The highest BCUT2D eigenvalue weighted by Crippen LogP contribution is 2.45. The van der Waals surface area contributed by atoms with E-state index in [1.807, 2.05) is 6.08 Å². The van der Waals surface area contributed by atoms with Crippen LogP contribution < -0.4 is 4.74 Å². The fraction of sp³-hybridized carbons (Fsp3) is 0.250. The number of fused-ring (bicyclic) bond motifs is 2. The molecule has 0 bridgehead atoms. The number of hydrogen-bond acceptors (Lipinski definition) is 5. The van der Waals surface area contributed by atoms with E-state index >= 15 is 0 Å². The number of carbonyl (C=O) groups is 2. The van der Waals surface area contributed by atoms with Gasteiger partial charge in [-0.3, -0.25) is 9.69 Å². The number of thioether (sulfide) groups is 1. The normalized spacial score (nSPS) is 28.8. The summed E-state index contributed by atoms with van der Waals surface area (Å²) >= 11 is 1.33. The van der Waals surface area contributed by atoms with Gasteiger partial charge in [-0.05, 0) is 6.08 Å². The lowest BCUT2D eigenvalue weighted by molar-refractivity contribution is -0.141. The molecule has 1 saturated heterocycles. The van der Waals surface area contributed by atoms with Crippen LogP contribution in [0.1, 0.15) is 6.04 Å². The Kier molecular flexibility index (Phi) is 2.25. The van der Waals surface area contributed by atoms with Crippen molar-refractivity contribution >= 4 is 23.6 Å². The van der Waals surface area contributed by atoms with Crippen LogP contribution in [-0.2, 0) is 9.59 Å². The zero-order chi connectivity index (χ0) is 13.9. The lowest BCUT2D eigenvalue weighted by atomic mass is 10.0. The van der Waals surface area contributed by atoms with Gasteiger partial charge in [-0.15, -0.1) is 11.8 Å². The monoisotopic (exact) mass is 291 g/mol. The van der Waals surface area contributed by atoms with Crippen LogP contribution in [0.2, 0.25) is 0 Å². The summed E-state index contributed by atoms with van der Waals surface area (Å²) in [7, 11) is 0. The second-order valence-corrected chi connectivity index (χ2v) is 5.54. The zero-order valence-corrected chi connectivity index (χ0v) is 10.9. The SMILES string of the molecule is O=C(O)C1=CS[C@@H]2C(=CC3COc4ccnn43)C(=O)N12. The summed E-state index contributed by atoms with van der Waals surface area (Å²) in [4.78, 5) is 24.4. The van der Waals surface area contributed by atoms with Crippen LogP contribution in [0, 0.1) is 0 Å². The summed E-state index contributed by atoms with van der Waals surface area (Å²) in [6.07, 6.45) is 3.46. The van der Waals surface area contributed by atoms with Gasteiger partial charge in [0.25, 0.3) is 5.91 Å². The lowest BCUT2D eigenvalue weighted by Crippen LogP contribution is -2.51. The van der Waals surface area contributed by atoms with Crippen molar-refractivity contribution in [3.05, 3.63) is 35.0 Å². The number of aromatic nitrogens is 2. The van der Waals surface area contributed by atoms with E-state index in [0.29, 0.717) is 18.1 Å². The fourth-order valence-corrected chi connectivity index (χ4v) is 3.65. The Bertz CT molecular complexity index is 693. The Labute approximate surface area is 117 Å². The van der Waals surface area contributed by atoms with Crippen molar-refractivity contribution in [2.75, 3.05) is 6.61 Å². The van der Waals surface area contributed by atoms with E-state index < -0.39 is 5.97 Å². The number of carbonyl (C=O) groups excluding carboxylic acids is 1. The highest BCUT2D eigenvalue weighted by atomic mass is 32.2. The van der Waals surface area contributed by atoms with Crippen molar-refractivity contribution in [1.82, 2.24) is 14.7 Å². The molecule has 3 aliphatic heterocycles. The van der Waals surface area contributed by atoms with Gasteiger partial charge in [-0.1, -0.05) is 0 Å². The van der Waals surface area contributed by atoms with Crippen LogP contribution in [0.4, 0.5) is 0 Å². The Morgan fingerprint density at radius 1 is 1.60 bits per heavy atom. The first kappa shape index (κ1) is 11.6. The third-order valence-corrected chi connectivity index (χ3v) is 4.56. The first-order chi connectivity index (χ1) is 9.66. The molecule has 102 valence electrons. The van der Waals surface area contributed by atoms with E-state index in [-0.39, 0.29) is 23.0 Å². The number of carboxylic acid groups (broad SMARTS) is 1. The van der Waals surface area contributed by atoms with E-state index in [1.54, 1.807) is 16.9 Å². The van der Waals surface area contributed by atoms with Crippen molar-refractivity contribution in [2.45, 2.75) is 11.4 Å². The number of carboxylic acids is 1. The predicted molar refractivity (Wildman–Crippen MR) is 68.8 cm³/mol. The summed E-state index contributed by atoms with van der Waals surface area (Å²) in [6, 6.07) is 1.65. The molecule has 4 rings (SSSR count). The van der Waals surface area contributed by atoms with E-state index in [2.05, 4.69) is 5.10 Å². The van der Waals surface area contributed by atoms with Crippen LogP contribution in [0.25, 0.3) is 0 Å². The maximum atomic E-state index is 12.1. The minimum absolute atomic E-state index is 0.0459. The molecule has 0 aliphatic carbocycles. The second kappa shape index (κ2) is 3.89. The van der Waals surface area contributed by atoms with Crippen molar-refractivity contribution in [1.29, 1.82) is 0 Å². The quantitative estimate of drug-likeness (QED) is 0.634. The molecule has 2 atom stereocenters. The predicted octanol–water partition coefficient (Wildman–Crippen LogP) is 0.584. The molecule has 1 aromatic rings. The first-order valence-electron chi connectivity index (χ1n) is 5.97. The van der Waals surface area contributed by atoms with Crippen molar-refractivity contribution < 1.29 is 19.4 Å². The van der Waals surface area contributed by atoms with Gasteiger partial charge in [0.1, 0.15) is 23.7 Å². The van der Waals surface area contributed by atoms with Crippen LogP contribution in [0.5, 0.6) is 5.88 Å². The molecule has 7 nitrogen and oxygen atoms in total. The molecule has 1 aromatic heterocycles. The molecule has 0 radical (unpaired) electrons. The number of aliphatic carboxylic acids is 1. The van der Waals surface area contributed by atoms with Crippen molar-refractivity contribution in [3.63, 3.8) is 0 Å². The van der Waals surface area contributed by atoms with Gasteiger partial charge in [0.15, 0.2) is 0 Å². The Balaban J connectivity index is 1.60. The Hall–Kier alpha value is -2.22. The molecule has 1 N–H and O–H groups in total. The molecule has 3 aliphatic rings. The topological polar surface area (TPSA) is 84.7 Å². The highest BCUT2D eigenvalue weighted by molar-refractivity contribution is 8.03. The van der Waals surface area contributed by atoms with Crippen LogP contribution >= 0.6 is 11.8 Å². The molecule has 1 fully saturated rings. The number of nitrogens with zero attached hydrogens (tertiary/aromatic N) is 3. The Morgan fingerprint density at radius 2 is 2.45 bits per heavy atom. The third-order valence-electron chi connectivity index (χ3n) is 3.48. The average molecular weight is 291 g/mol. The molecule has 8 heteroatoms. The molecular weight excluding hydrogens is 282 g/mol. The summed E-state index contributed by atoms with van der Waals surface area (Å²) < 4.78 is 7.16. The number of hydrogen-bond donors (Lipinski definition) is 1.